The number of urea groups is 1. The Morgan fingerprint density at radius 1 is 1.37 bits per heavy atom. The average molecular weight is 271 g/mol. The van der Waals surface area contributed by atoms with Crippen LogP contribution in [0.2, 0.25) is 0 Å². The Balaban J connectivity index is 2.40. The predicted molar refractivity (Wildman–Crippen MR) is 68.4 cm³/mol. The number of nitrogens with one attached hydrogen (secondary N) is 2. The maximum absolute atomic E-state index is 11.6. The second kappa shape index (κ2) is 7.73. The summed E-state index contributed by atoms with van der Waals surface area (Å²) in [5, 5.41) is 4.51. The van der Waals surface area contributed by atoms with Crippen LogP contribution >= 0.6 is 0 Å². The Bertz CT molecular complexity index is 346. The molecular weight excluding hydrogens is 250 g/mol. The Kier molecular flexibility index (Phi) is 6.27. The van der Waals surface area contributed by atoms with Crippen molar-refractivity contribution in [1.82, 2.24) is 15.5 Å². The Morgan fingerprint density at radius 2 is 2.11 bits per heavy atom. The maximum Gasteiger partial charge on any atom is 0.321 e. The standard InChI is InChI=1S/C12H21N3O4/c1-3-19-11(17)9-5-4-6-15(7-9)8-10(16)14-12(18)13-2/h9H,3-8H2,1-2H3,(H2,13,14,16,18). The van der Waals surface area contributed by atoms with Gasteiger partial charge in [0.25, 0.3) is 0 Å². The summed E-state index contributed by atoms with van der Waals surface area (Å²) in [5.41, 5.74) is 0. The van der Waals surface area contributed by atoms with Crippen molar-refractivity contribution in [1.29, 1.82) is 0 Å². The van der Waals surface area contributed by atoms with E-state index in [9.17, 15) is 14.4 Å². The van der Waals surface area contributed by atoms with E-state index >= 15 is 0 Å². The van der Waals surface area contributed by atoms with Gasteiger partial charge < -0.3 is 10.1 Å². The molecule has 1 fully saturated rings. The zero-order valence-electron chi connectivity index (χ0n) is 11.4. The van der Waals surface area contributed by atoms with Crippen molar-refractivity contribution in [3.63, 3.8) is 0 Å². The molecule has 1 aliphatic heterocycles. The molecule has 1 unspecified atom stereocenters. The molecule has 1 atom stereocenters. The van der Waals surface area contributed by atoms with Gasteiger partial charge in [0.1, 0.15) is 0 Å². The molecule has 2 N–H and O–H groups in total. The van der Waals surface area contributed by atoms with Gasteiger partial charge in [-0.15, -0.1) is 0 Å². The minimum Gasteiger partial charge on any atom is -0.466 e. The largest absolute Gasteiger partial charge is 0.466 e. The molecule has 3 amide bonds. The summed E-state index contributed by atoms with van der Waals surface area (Å²) in [4.78, 5) is 36.0. The maximum atomic E-state index is 11.6. The van der Waals surface area contributed by atoms with Crippen molar-refractivity contribution in [2.45, 2.75) is 19.8 Å². The molecule has 1 saturated heterocycles. The van der Waals surface area contributed by atoms with Gasteiger partial charge in [0.2, 0.25) is 5.91 Å². The molecule has 0 bridgehead atoms. The fourth-order valence-electron chi connectivity index (χ4n) is 2.08. The molecule has 0 aromatic heterocycles. The number of nitrogens with zero attached hydrogens (tertiary/aromatic N) is 1. The molecule has 0 aromatic carbocycles. The van der Waals surface area contributed by atoms with E-state index < -0.39 is 6.03 Å². The van der Waals surface area contributed by atoms with Crippen LogP contribution in [-0.4, -0.2) is 56.1 Å². The van der Waals surface area contributed by atoms with Crippen LogP contribution in [0.1, 0.15) is 19.8 Å². The number of rotatable bonds is 4. The minimum atomic E-state index is -0.524. The third-order valence-electron chi connectivity index (χ3n) is 2.97. The number of piperidine rings is 1. The number of imide groups is 1. The SMILES string of the molecule is CCOC(=O)C1CCCN(CC(=O)NC(=O)NC)C1. The summed E-state index contributed by atoms with van der Waals surface area (Å²) in [7, 11) is 1.44. The lowest BCUT2D eigenvalue weighted by Gasteiger charge is -2.30. The lowest BCUT2D eigenvalue weighted by Crippen LogP contribution is -2.47. The number of hydrogen-bond donors (Lipinski definition) is 2. The zero-order valence-corrected chi connectivity index (χ0v) is 11.4. The first kappa shape index (κ1) is 15.4. The van der Waals surface area contributed by atoms with Crippen LogP contribution < -0.4 is 10.6 Å². The molecule has 0 aromatic rings. The van der Waals surface area contributed by atoms with Crippen molar-refractivity contribution >= 4 is 17.9 Å². The molecule has 0 aliphatic carbocycles. The van der Waals surface area contributed by atoms with E-state index in [1.54, 1.807) is 6.92 Å². The normalized spacial score (nSPS) is 19.6. The smallest absolute Gasteiger partial charge is 0.321 e. The fraction of sp³-hybridized carbons (Fsp3) is 0.750. The van der Waals surface area contributed by atoms with E-state index in [2.05, 4.69) is 10.6 Å². The molecule has 7 nitrogen and oxygen atoms in total. The lowest BCUT2D eigenvalue weighted by molar-refractivity contribution is -0.150. The molecule has 7 heteroatoms. The quantitative estimate of drug-likeness (QED) is 0.686. The van der Waals surface area contributed by atoms with Gasteiger partial charge in [0.15, 0.2) is 0 Å². The van der Waals surface area contributed by atoms with Gasteiger partial charge in [0, 0.05) is 13.6 Å². The number of carbonyl (C=O) groups excluding carboxylic acids is 3. The zero-order chi connectivity index (χ0) is 14.3. The van der Waals surface area contributed by atoms with E-state index in [1.165, 1.54) is 7.05 Å². The summed E-state index contributed by atoms with van der Waals surface area (Å²) < 4.78 is 4.99. The predicted octanol–water partition coefficient (Wildman–Crippen LogP) is -0.283. The highest BCUT2D eigenvalue weighted by molar-refractivity contribution is 5.95. The van der Waals surface area contributed by atoms with E-state index in [0.29, 0.717) is 13.2 Å². The molecule has 1 aliphatic rings. The number of likely N-dealkylation sites (tertiary alicyclic amines) is 1. The summed E-state index contributed by atoms with van der Waals surface area (Å²) >= 11 is 0. The summed E-state index contributed by atoms with van der Waals surface area (Å²) in [6, 6.07) is -0.524. The molecular formula is C12H21N3O4. The number of amides is 3. The Hall–Kier alpha value is -1.63. The van der Waals surface area contributed by atoms with Gasteiger partial charge in [-0.05, 0) is 26.3 Å². The highest BCUT2D eigenvalue weighted by Crippen LogP contribution is 2.17. The highest BCUT2D eigenvalue weighted by atomic mass is 16.5. The van der Waals surface area contributed by atoms with Gasteiger partial charge in [0.05, 0.1) is 19.1 Å². The second-order valence-corrected chi connectivity index (χ2v) is 4.45. The van der Waals surface area contributed by atoms with Crippen LogP contribution in [0.3, 0.4) is 0 Å². The van der Waals surface area contributed by atoms with Gasteiger partial charge in [-0.3, -0.25) is 19.8 Å². The monoisotopic (exact) mass is 271 g/mol. The molecule has 0 spiro atoms. The first-order chi connectivity index (χ1) is 9.06. The second-order valence-electron chi connectivity index (χ2n) is 4.45. The van der Waals surface area contributed by atoms with Crippen LogP contribution in [0, 0.1) is 5.92 Å². The van der Waals surface area contributed by atoms with Gasteiger partial charge in [-0.1, -0.05) is 0 Å². The van der Waals surface area contributed by atoms with Gasteiger partial charge in [-0.2, -0.15) is 0 Å². The van der Waals surface area contributed by atoms with Crippen molar-refractivity contribution < 1.29 is 19.1 Å². The van der Waals surface area contributed by atoms with Crippen molar-refractivity contribution in [2.75, 3.05) is 33.3 Å². The van der Waals surface area contributed by atoms with Crippen molar-refractivity contribution in [3.8, 4) is 0 Å². The fourth-order valence-corrected chi connectivity index (χ4v) is 2.08. The van der Waals surface area contributed by atoms with Crippen LogP contribution in [0.5, 0.6) is 0 Å². The molecule has 1 heterocycles. The van der Waals surface area contributed by atoms with E-state index in [4.69, 9.17) is 4.74 Å². The van der Waals surface area contributed by atoms with E-state index in [1.807, 2.05) is 4.90 Å². The van der Waals surface area contributed by atoms with Crippen LogP contribution in [0.4, 0.5) is 4.79 Å². The van der Waals surface area contributed by atoms with Crippen molar-refractivity contribution in [3.05, 3.63) is 0 Å². The topological polar surface area (TPSA) is 87.7 Å². The number of carbonyl (C=O) groups is 3. The molecule has 0 radical (unpaired) electrons. The summed E-state index contributed by atoms with van der Waals surface area (Å²) in [6.45, 7) is 3.50. The third-order valence-corrected chi connectivity index (χ3v) is 2.97. The van der Waals surface area contributed by atoms with Gasteiger partial charge >= 0.3 is 12.0 Å². The lowest BCUT2D eigenvalue weighted by atomic mass is 9.98. The first-order valence-electron chi connectivity index (χ1n) is 6.47. The number of esters is 1. The van der Waals surface area contributed by atoms with Crippen LogP contribution in [-0.2, 0) is 14.3 Å². The highest BCUT2D eigenvalue weighted by Gasteiger charge is 2.27. The van der Waals surface area contributed by atoms with Crippen LogP contribution in [0.25, 0.3) is 0 Å². The Morgan fingerprint density at radius 3 is 2.74 bits per heavy atom. The first-order valence-corrected chi connectivity index (χ1v) is 6.47. The minimum absolute atomic E-state index is 0.114. The molecule has 108 valence electrons. The average Bonchev–Trinajstić information content (AvgIpc) is 2.39. The summed E-state index contributed by atoms with van der Waals surface area (Å²) in [5.74, 6) is -0.760. The summed E-state index contributed by atoms with van der Waals surface area (Å²) in [6.07, 6.45) is 1.63. The van der Waals surface area contributed by atoms with E-state index in [0.717, 1.165) is 19.4 Å². The number of ether oxygens (including phenoxy) is 1. The number of hydrogen-bond acceptors (Lipinski definition) is 5. The van der Waals surface area contributed by atoms with Crippen LogP contribution in [0.15, 0.2) is 0 Å². The molecule has 19 heavy (non-hydrogen) atoms. The van der Waals surface area contributed by atoms with Gasteiger partial charge in [-0.25, -0.2) is 4.79 Å². The van der Waals surface area contributed by atoms with E-state index in [-0.39, 0.29) is 24.3 Å². The third kappa shape index (κ3) is 5.25. The molecule has 0 saturated carbocycles. The molecule has 1 rings (SSSR count). The van der Waals surface area contributed by atoms with Crippen molar-refractivity contribution in [2.24, 2.45) is 5.92 Å². The Labute approximate surface area is 112 Å².